The fourth-order valence-corrected chi connectivity index (χ4v) is 3.66. The highest BCUT2D eigenvalue weighted by atomic mass is 79.9. The van der Waals surface area contributed by atoms with Crippen LogP contribution in [-0.4, -0.2) is 40.8 Å². The standard InChI is InChI=1S/C20H19BrN4O3S/c1-28-15-6-4-5-14(11-15)25-10-9-22-20(25)29-13-19(27)23-12-18(26)24-17-8-3-2-7-16(17)21/h2-11H,12-13H2,1H3,(H,23,27)(H,24,26). The fourth-order valence-electron chi connectivity index (χ4n) is 2.47. The van der Waals surface area contributed by atoms with E-state index < -0.39 is 0 Å². The highest BCUT2D eigenvalue weighted by molar-refractivity contribution is 9.10. The van der Waals surface area contributed by atoms with Crippen LogP contribution in [0.1, 0.15) is 0 Å². The second kappa shape index (κ2) is 10.1. The lowest BCUT2D eigenvalue weighted by atomic mass is 10.3. The van der Waals surface area contributed by atoms with Crippen molar-refractivity contribution >= 4 is 45.2 Å². The maximum absolute atomic E-state index is 12.1. The average molecular weight is 475 g/mol. The Bertz CT molecular complexity index is 1010. The number of thioether (sulfide) groups is 1. The summed E-state index contributed by atoms with van der Waals surface area (Å²) in [5.74, 6) is 0.329. The predicted octanol–water partition coefficient (Wildman–Crippen LogP) is 3.49. The van der Waals surface area contributed by atoms with Crippen molar-refractivity contribution < 1.29 is 14.3 Å². The van der Waals surface area contributed by atoms with E-state index in [2.05, 4.69) is 31.5 Å². The lowest BCUT2D eigenvalue weighted by Crippen LogP contribution is -2.34. The third kappa shape index (κ3) is 5.85. The molecule has 0 radical (unpaired) electrons. The zero-order chi connectivity index (χ0) is 20.6. The molecule has 29 heavy (non-hydrogen) atoms. The lowest BCUT2D eigenvalue weighted by molar-refractivity contribution is -0.122. The Hall–Kier alpha value is -2.78. The van der Waals surface area contributed by atoms with E-state index in [-0.39, 0.29) is 24.1 Å². The fraction of sp³-hybridized carbons (Fsp3) is 0.150. The number of amides is 2. The van der Waals surface area contributed by atoms with E-state index in [0.717, 1.165) is 15.9 Å². The quantitative estimate of drug-likeness (QED) is 0.488. The highest BCUT2D eigenvalue weighted by Crippen LogP contribution is 2.23. The smallest absolute Gasteiger partial charge is 0.243 e. The number of halogens is 1. The Labute approximate surface area is 181 Å². The Morgan fingerprint density at radius 1 is 1.17 bits per heavy atom. The van der Waals surface area contributed by atoms with Crippen molar-refractivity contribution in [3.8, 4) is 11.4 Å². The topological polar surface area (TPSA) is 85.2 Å². The van der Waals surface area contributed by atoms with Crippen molar-refractivity contribution in [2.75, 3.05) is 24.7 Å². The maximum Gasteiger partial charge on any atom is 0.243 e. The number of rotatable bonds is 8. The molecule has 0 aliphatic heterocycles. The van der Waals surface area contributed by atoms with Crippen LogP contribution in [0.4, 0.5) is 5.69 Å². The van der Waals surface area contributed by atoms with Gasteiger partial charge in [-0.15, -0.1) is 0 Å². The number of nitrogens with zero attached hydrogens (tertiary/aromatic N) is 2. The molecule has 0 fully saturated rings. The van der Waals surface area contributed by atoms with Crippen molar-refractivity contribution in [3.63, 3.8) is 0 Å². The number of carbonyl (C=O) groups excluding carboxylic acids is 2. The Morgan fingerprint density at radius 3 is 2.79 bits per heavy atom. The van der Waals surface area contributed by atoms with Crippen LogP contribution < -0.4 is 15.4 Å². The van der Waals surface area contributed by atoms with Gasteiger partial charge in [-0.3, -0.25) is 14.2 Å². The van der Waals surface area contributed by atoms with Crippen LogP contribution in [-0.2, 0) is 9.59 Å². The normalized spacial score (nSPS) is 10.4. The van der Waals surface area contributed by atoms with E-state index in [4.69, 9.17) is 4.74 Å². The number of hydrogen-bond acceptors (Lipinski definition) is 5. The summed E-state index contributed by atoms with van der Waals surface area (Å²) < 4.78 is 7.90. The van der Waals surface area contributed by atoms with Crippen LogP contribution in [0, 0.1) is 0 Å². The first kappa shape index (κ1) is 20.9. The van der Waals surface area contributed by atoms with E-state index in [9.17, 15) is 9.59 Å². The van der Waals surface area contributed by atoms with E-state index in [0.29, 0.717) is 10.8 Å². The van der Waals surface area contributed by atoms with Gasteiger partial charge in [0.1, 0.15) is 5.75 Å². The molecule has 2 N–H and O–H groups in total. The number of benzene rings is 2. The van der Waals surface area contributed by atoms with E-state index >= 15 is 0 Å². The summed E-state index contributed by atoms with van der Waals surface area (Å²) >= 11 is 4.65. The van der Waals surface area contributed by atoms with Crippen LogP contribution in [0.25, 0.3) is 5.69 Å². The summed E-state index contributed by atoms with van der Waals surface area (Å²) in [4.78, 5) is 28.5. The largest absolute Gasteiger partial charge is 0.497 e. The molecule has 0 saturated heterocycles. The second-order valence-electron chi connectivity index (χ2n) is 5.87. The number of hydrogen-bond donors (Lipinski definition) is 2. The number of carbonyl (C=O) groups is 2. The molecule has 2 amide bonds. The molecule has 150 valence electrons. The Kier molecular flexibility index (Phi) is 7.31. The van der Waals surface area contributed by atoms with Gasteiger partial charge in [0.15, 0.2) is 5.16 Å². The number of para-hydroxylation sites is 1. The van der Waals surface area contributed by atoms with Gasteiger partial charge in [-0.2, -0.15) is 0 Å². The van der Waals surface area contributed by atoms with Crippen molar-refractivity contribution in [3.05, 3.63) is 65.4 Å². The molecule has 0 aliphatic carbocycles. The predicted molar refractivity (Wildman–Crippen MR) is 117 cm³/mol. The van der Waals surface area contributed by atoms with Gasteiger partial charge in [-0.25, -0.2) is 4.98 Å². The van der Waals surface area contributed by atoms with Crippen LogP contribution in [0.2, 0.25) is 0 Å². The van der Waals surface area contributed by atoms with Gasteiger partial charge in [0.05, 0.1) is 30.8 Å². The van der Waals surface area contributed by atoms with Crippen molar-refractivity contribution in [1.82, 2.24) is 14.9 Å². The van der Waals surface area contributed by atoms with E-state index in [1.807, 2.05) is 53.2 Å². The molecule has 0 spiro atoms. The van der Waals surface area contributed by atoms with Crippen LogP contribution in [0.3, 0.4) is 0 Å². The first-order valence-corrected chi connectivity index (χ1v) is 10.5. The number of imidazole rings is 1. The SMILES string of the molecule is COc1cccc(-n2ccnc2SCC(=O)NCC(=O)Nc2ccccc2Br)c1. The Morgan fingerprint density at radius 2 is 2.00 bits per heavy atom. The third-order valence-electron chi connectivity index (χ3n) is 3.86. The minimum atomic E-state index is -0.298. The third-order valence-corrected chi connectivity index (χ3v) is 5.52. The first-order chi connectivity index (χ1) is 14.1. The van der Waals surface area contributed by atoms with Crippen molar-refractivity contribution in [1.29, 1.82) is 0 Å². The van der Waals surface area contributed by atoms with Gasteiger partial charge >= 0.3 is 0 Å². The van der Waals surface area contributed by atoms with Crippen molar-refractivity contribution in [2.45, 2.75) is 5.16 Å². The minimum absolute atomic E-state index is 0.106. The number of nitrogens with one attached hydrogen (secondary N) is 2. The molecule has 9 heteroatoms. The molecule has 0 saturated carbocycles. The number of methoxy groups -OCH3 is 1. The molecule has 3 aromatic rings. The van der Waals surface area contributed by atoms with Gasteiger partial charge < -0.3 is 15.4 Å². The van der Waals surface area contributed by atoms with Crippen LogP contribution >= 0.6 is 27.7 Å². The van der Waals surface area contributed by atoms with Gasteiger partial charge in [0.2, 0.25) is 11.8 Å². The molecule has 0 atom stereocenters. The zero-order valence-corrected chi connectivity index (χ0v) is 18.0. The van der Waals surface area contributed by atoms with Crippen molar-refractivity contribution in [2.24, 2.45) is 0 Å². The van der Waals surface area contributed by atoms with Gasteiger partial charge in [0.25, 0.3) is 0 Å². The molecule has 0 unspecified atom stereocenters. The summed E-state index contributed by atoms with van der Waals surface area (Å²) in [5, 5.41) is 6.03. The summed E-state index contributed by atoms with van der Waals surface area (Å²) in [6.07, 6.45) is 3.49. The summed E-state index contributed by atoms with van der Waals surface area (Å²) in [6.45, 7) is -0.106. The molecule has 1 aromatic heterocycles. The minimum Gasteiger partial charge on any atom is -0.497 e. The molecular weight excluding hydrogens is 456 g/mol. The van der Waals surface area contributed by atoms with Gasteiger partial charge in [-0.05, 0) is 40.2 Å². The highest BCUT2D eigenvalue weighted by Gasteiger charge is 2.11. The molecule has 7 nitrogen and oxygen atoms in total. The monoisotopic (exact) mass is 474 g/mol. The zero-order valence-electron chi connectivity index (χ0n) is 15.6. The van der Waals surface area contributed by atoms with E-state index in [1.54, 1.807) is 19.4 Å². The van der Waals surface area contributed by atoms with Gasteiger partial charge in [0, 0.05) is 22.9 Å². The lowest BCUT2D eigenvalue weighted by Gasteiger charge is -2.10. The van der Waals surface area contributed by atoms with E-state index in [1.165, 1.54) is 11.8 Å². The number of anilines is 1. The Balaban J connectivity index is 1.51. The first-order valence-electron chi connectivity index (χ1n) is 8.68. The summed E-state index contributed by atoms with van der Waals surface area (Å²) in [7, 11) is 1.61. The second-order valence-corrected chi connectivity index (χ2v) is 7.67. The van der Waals surface area contributed by atoms with Crippen LogP contribution in [0.15, 0.2) is 70.6 Å². The number of ether oxygens (including phenoxy) is 1. The van der Waals surface area contributed by atoms with Crippen LogP contribution in [0.5, 0.6) is 5.75 Å². The molecule has 1 heterocycles. The summed E-state index contributed by atoms with van der Waals surface area (Å²) in [5.41, 5.74) is 1.54. The maximum atomic E-state index is 12.1. The molecule has 3 rings (SSSR count). The molecule has 0 aliphatic rings. The average Bonchev–Trinajstić information content (AvgIpc) is 3.21. The molecule has 2 aromatic carbocycles. The van der Waals surface area contributed by atoms with Gasteiger partial charge in [-0.1, -0.05) is 30.0 Å². The number of aromatic nitrogens is 2. The molecular formula is C20H19BrN4O3S. The molecule has 0 bridgehead atoms. The summed E-state index contributed by atoms with van der Waals surface area (Å²) in [6, 6.07) is 14.8.